The number of benzene rings is 1. The Labute approximate surface area is 118 Å². The molecule has 0 aliphatic heterocycles. The van der Waals surface area contributed by atoms with Crippen LogP contribution in [0.25, 0.3) is 0 Å². The number of halogens is 1. The second kappa shape index (κ2) is 5.37. The van der Waals surface area contributed by atoms with Gasteiger partial charge in [0.2, 0.25) is 5.03 Å². The van der Waals surface area contributed by atoms with E-state index in [9.17, 15) is 22.7 Å². The molecule has 0 saturated carbocycles. The zero-order chi connectivity index (χ0) is 15.6. The number of aromatic carboxylic acids is 1. The van der Waals surface area contributed by atoms with E-state index < -0.39 is 32.4 Å². The summed E-state index contributed by atoms with van der Waals surface area (Å²) in [4.78, 5) is 14.4. The van der Waals surface area contributed by atoms with E-state index in [1.54, 1.807) is 0 Å². The fraction of sp³-hybridized carbons (Fsp3) is 0. The largest absolute Gasteiger partial charge is 0.508 e. The number of anilines is 1. The summed E-state index contributed by atoms with van der Waals surface area (Å²) in [5.74, 6) is -2.87. The lowest BCUT2D eigenvalue weighted by Gasteiger charge is -2.10. The SMILES string of the molecule is O=C(O)c1cc(O)ccc1NS(=O)(=O)c1ncccc1F. The Hall–Kier alpha value is -2.68. The maximum absolute atomic E-state index is 13.5. The lowest BCUT2D eigenvalue weighted by molar-refractivity contribution is 0.0697. The smallest absolute Gasteiger partial charge is 0.337 e. The van der Waals surface area contributed by atoms with Crippen LogP contribution < -0.4 is 4.72 Å². The molecule has 2 aromatic rings. The van der Waals surface area contributed by atoms with Gasteiger partial charge < -0.3 is 10.2 Å². The van der Waals surface area contributed by atoms with E-state index in [4.69, 9.17) is 5.11 Å². The minimum absolute atomic E-state index is 0.314. The molecule has 21 heavy (non-hydrogen) atoms. The van der Waals surface area contributed by atoms with Crippen LogP contribution >= 0.6 is 0 Å². The van der Waals surface area contributed by atoms with Crippen LogP contribution in [0.15, 0.2) is 41.6 Å². The normalized spacial score (nSPS) is 11.1. The second-order valence-corrected chi connectivity index (χ2v) is 5.53. The molecule has 110 valence electrons. The number of carboxylic acids is 1. The molecule has 0 aliphatic rings. The first kappa shape index (κ1) is 14.7. The quantitative estimate of drug-likeness (QED) is 0.735. The van der Waals surface area contributed by atoms with Crippen molar-refractivity contribution in [2.45, 2.75) is 5.03 Å². The van der Waals surface area contributed by atoms with Crippen molar-refractivity contribution < 1.29 is 27.8 Å². The third kappa shape index (κ3) is 3.08. The first-order valence-electron chi connectivity index (χ1n) is 5.51. The van der Waals surface area contributed by atoms with Gasteiger partial charge in [-0.15, -0.1) is 0 Å². The van der Waals surface area contributed by atoms with Crippen molar-refractivity contribution in [3.8, 4) is 5.75 Å². The average Bonchev–Trinajstić information content (AvgIpc) is 2.40. The molecule has 3 N–H and O–H groups in total. The highest BCUT2D eigenvalue weighted by atomic mass is 32.2. The predicted molar refractivity (Wildman–Crippen MR) is 70.1 cm³/mol. The van der Waals surface area contributed by atoms with Crippen molar-refractivity contribution >= 4 is 21.7 Å². The third-order valence-corrected chi connectivity index (χ3v) is 3.76. The van der Waals surface area contributed by atoms with Gasteiger partial charge in [0.25, 0.3) is 10.0 Å². The molecule has 0 unspecified atom stereocenters. The number of aromatic nitrogens is 1. The molecular formula is C12H9FN2O5S. The van der Waals surface area contributed by atoms with E-state index in [-0.39, 0.29) is 11.4 Å². The van der Waals surface area contributed by atoms with Gasteiger partial charge in [-0.3, -0.25) is 4.72 Å². The molecule has 0 aliphatic carbocycles. The van der Waals surface area contributed by atoms with Crippen LogP contribution in [0.5, 0.6) is 5.75 Å². The first-order valence-corrected chi connectivity index (χ1v) is 6.99. The summed E-state index contributed by atoms with van der Waals surface area (Å²) < 4.78 is 39.4. The monoisotopic (exact) mass is 312 g/mol. The Morgan fingerprint density at radius 1 is 1.29 bits per heavy atom. The van der Waals surface area contributed by atoms with Crippen LogP contribution in [0.2, 0.25) is 0 Å². The van der Waals surface area contributed by atoms with Crippen LogP contribution in [0.3, 0.4) is 0 Å². The number of carboxylic acid groups (broad SMARTS) is 1. The molecule has 0 amide bonds. The van der Waals surface area contributed by atoms with Crippen LogP contribution in [0, 0.1) is 5.82 Å². The molecule has 0 radical (unpaired) electrons. The Morgan fingerprint density at radius 2 is 2.00 bits per heavy atom. The van der Waals surface area contributed by atoms with Crippen molar-refractivity contribution in [2.24, 2.45) is 0 Å². The molecule has 1 aromatic heterocycles. The molecule has 1 heterocycles. The molecule has 9 heteroatoms. The molecule has 0 spiro atoms. The highest BCUT2D eigenvalue weighted by Gasteiger charge is 2.23. The summed E-state index contributed by atoms with van der Waals surface area (Å²) in [6.45, 7) is 0. The van der Waals surface area contributed by atoms with Crippen molar-refractivity contribution in [1.82, 2.24) is 4.98 Å². The maximum Gasteiger partial charge on any atom is 0.337 e. The topological polar surface area (TPSA) is 117 Å². The Kier molecular flexibility index (Phi) is 3.76. The van der Waals surface area contributed by atoms with Crippen molar-refractivity contribution in [1.29, 1.82) is 0 Å². The summed E-state index contributed by atoms with van der Waals surface area (Å²) in [7, 11) is -4.39. The van der Waals surface area contributed by atoms with Gasteiger partial charge in [-0.25, -0.2) is 14.2 Å². The molecule has 7 nitrogen and oxygen atoms in total. The number of hydrogen-bond acceptors (Lipinski definition) is 5. The van der Waals surface area contributed by atoms with Gasteiger partial charge >= 0.3 is 5.97 Å². The summed E-state index contributed by atoms with van der Waals surface area (Å²) in [6.07, 6.45) is 1.09. The Bertz CT molecular complexity index is 807. The number of aromatic hydroxyl groups is 1. The Morgan fingerprint density at radius 3 is 2.62 bits per heavy atom. The number of carbonyl (C=O) groups is 1. The number of hydrogen-bond donors (Lipinski definition) is 3. The van der Waals surface area contributed by atoms with E-state index >= 15 is 0 Å². The van der Waals surface area contributed by atoms with Crippen molar-refractivity contribution in [3.05, 3.63) is 47.9 Å². The van der Waals surface area contributed by atoms with Crippen LogP contribution in [0.1, 0.15) is 10.4 Å². The maximum atomic E-state index is 13.5. The van der Waals surface area contributed by atoms with E-state index in [0.29, 0.717) is 0 Å². The van der Waals surface area contributed by atoms with E-state index in [1.807, 2.05) is 4.72 Å². The van der Waals surface area contributed by atoms with E-state index in [2.05, 4.69) is 4.98 Å². The number of phenolic OH excluding ortho intramolecular Hbond substituents is 1. The number of pyridine rings is 1. The minimum atomic E-state index is -4.39. The highest BCUT2D eigenvalue weighted by Crippen LogP contribution is 2.24. The molecule has 1 aromatic carbocycles. The summed E-state index contributed by atoms with van der Waals surface area (Å²) >= 11 is 0. The predicted octanol–water partition coefficient (Wildman–Crippen LogP) is 1.43. The van der Waals surface area contributed by atoms with Crippen LogP contribution in [0.4, 0.5) is 10.1 Å². The molecule has 0 atom stereocenters. The van der Waals surface area contributed by atoms with Gasteiger partial charge in [0.05, 0.1) is 11.3 Å². The van der Waals surface area contributed by atoms with Gasteiger partial charge in [-0.05, 0) is 30.3 Å². The number of nitrogens with one attached hydrogen (secondary N) is 1. The molecule has 0 fully saturated rings. The average molecular weight is 312 g/mol. The summed E-state index contributed by atoms with van der Waals surface area (Å²) in [6, 6.07) is 5.15. The van der Waals surface area contributed by atoms with Crippen molar-refractivity contribution in [3.63, 3.8) is 0 Å². The van der Waals surface area contributed by atoms with Crippen molar-refractivity contribution in [2.75, 3.05) is 4.72 Å². The summed E-state index contributed by atoms with van der Waals surface area (Å²) in [5.41, 5.74) is -0.791. The van der Waals surface area contributed by atoms with Gasteiger partial charge in [0, 0.05) is 6.20 Å². The number of rotatable bonds is 4. The van der Waals surface area contributed by atoms with Crippen LogP contribution in [-0.2, 0) is 10.0 Å². The van der Waals surface area contributed by atoms with E-state index in [0.717, 1.165) is 30.5 Å². The first-order chi connectivity index (χ1) is 9.81. The minimum Gasteiger partial charge on any atom is -0.508 e. The van der Waals surface area contributed by atoms with Gasteiger partial charge in [0.15, 0.2) is 5.82 Å². The van der Waals surface area contributed by atoms with Gasteiger partial charge in [-0.2, -0.15) is 8.42 Å². The summed E-state index contributed by atoms with van der Waals surface area (Å²) in [5, 5.41) is 17.4. The third-order valence-electron chi connectivity index (χ3n) is 2.46. The second-order valence-electron chi connectivity index (χ2n) is 3.93. The van der Waals surface area contributed by atoms with Gasteiger partial charge in [0.1, 0.15) is 5.75 Å². The zero-order valence-electron chi connectivity index (χ0n) is 10.3. The molecular weight excluding hydrogens is 303 g/mol. The lowest BCUT2D eigenvalue weighted by Crippen LogP contribution is -2.18. The molecule has 0 saturated heterocycles. The van der Waals surface area contributed by atoms with E-state index in [1.165, 1.54) is 6.07 Å². The lowest BCUT2D eigenvalue weighted by atomic mass is 10.2. The van der Waals surface area contributed by atoms with Crippen LogP contribution in [-0.4, -0.2) is 29.6 Å². The Balaban J connectivity index is 2.47. The number of sulfonamides is 1. The molecule has 0 bridgehead atoms. The number of phenols is 1. The number of nitrogens with zero attached hydrogens (tertiary/aromatic N) is 1. The highest BCUT2D eigenvalue weighted by molar-refractivity contribution is 7.92. The van der Waals surface area contributed by atoms with Gasteiger partial charge in [-0.1, -0.05) is 0 Å². The standard InChI is InChI=1S/C12H9FN2O5S/c13-9-2-1-5-14-11(9)21(19,20)15-10-4-3-7(16)6-8(10)12(17)18/h1-6,15-16H,(H,17,18). The molecule has 2 rings (SSSR count). The zero-order valence-corrected chi connectivity index (χ0v) is 11.1. The fourth-order valence-electron chi connectivity index (χ4n) is 1.56. The fourth-order valence-corrected chi connectivity index (χ4v) is 2.65.